The second-order valence-corrected chi connectivity index (χ2v) is 5.17. The average Bonchev–Trinajstić information content (AvgIpc) is 2.71. The van der Waals surface area contributed by atoms with Gasteiger partial charge in [0.25, 0.3) is 5.91 Å². The molecule has 0 aliphatic heterocycles. The van der Waals surface area contributed by atoms with Crippen LogP contribution in [0.1, 0.15) is 10.4 Å². The third kappa shape index (κ3) is 3.69. The van der Waals surface area contributed by atoms with Crippen molar-refractivity contribution in [2.75, 3.05) is 11.1 Å². The van der Waals surface area contributed by atoms with Gasteiger partial charge in [-0.1, -0.05) is 12.1 Å². The molecule has 0 spiro atoms. The predicted molar refractivity (Wildman–Crippen MR) is 73.9 cm³/mol. The number of hydrogen-bond acceptors (Lipinski definition) is 4. The van der Waals surface area contributed by atoms with Gasteiger partial charge in [-0.2, -0.15) is 18.3 Å². The Hall–Kier alpha value is -2.16. The molecule has 0 fully saturated rings. The smallest absolute Gasteiger partial charge is 0.383 e. The number of aromatic nitrogens is 2. The van der Waals surface area contributed by atoms with Crippen LogP contribution in [-0.2, 0) is 7.05 Å². The number of carbonyl (C=O) groups excluding carboxylic acids is 1. The maximum absolute atomic E-state index is 12.5. The maximum Gasteiger partial charge on any atom is 0.446 e. The van der Waals surface area contributed by atoms with Crippen molar-refractivity contribution in [3.05, 3.63) is 36.0 Å². The van der Waals surface area contributed by atoms with Crippen molar-refractivity contribution in [2.24, 2.45) is 7.05 Å². The Bertz CT molecular complexity index is 669. The zero-order valence-corrected chi connectivity index (χ0v) is 11.6. The van der Waals surface area contributed by atoms with E-state index in [0.29, 0.717) is 0 Å². The number of anilines is 2. The normalized spacial score (nSPS) is 11.4. The number of aryl methyl sites for hydroxylation is 1. The van der Waals surface area contributed by atoms with Crippen LogP contribution in [0.5, 0.6) is 0 Å². The zero-order chi connectivity index (χ0) is 15.6. The molecular weight excluding hydrogens is 305 g/mol. The summed E-state index contributed by atoms with van der Waals surface area (Å²) in [5.74, 6) is -0.482. The quantitative estimate of drug-likeness (QED) is 0.854. The molecule has 2 aromatic rings. The van der Waals surface area contributed by atoms with Gasteiger partial charge in [0, 0.05) is 11.9 Å². The van der Waals surface area contributed by atoms with Crippen molar-refractivity contribution in [1.29, 1.82) is 0 Å². The topological polar surface area (TPSA) is 72.9 Å². The van der Waals surface area contributed by atoms with Crippen LogP contribution in [0.25, 0.3) is 0 Å². The van der Waals surface area contributed by atoms with Gasteiger partial charge in [-0.25, -0.2) is 0 Å². The fourth-order valence-electron chi connectivity index (χ4n) is 1.60. The van der Waals surface area contributed by atoms with Crippen molar-refractivity contribution in [3.8, 4) is 0 Å². The van der Waals surface area contributed by atoms with Crippen LogP contribution < -0.4 is 11.1 Å². The highest BCUT2D eigenvalue weighted by molar-refractivity contribution is 8.00. The molecule has 21 heavy (non-hydrogen) atoms. The second kappa shape index (κ2) is 5.68. The number of nitrogen functional groups attached to an aromatic ring is 1. The van der Waals surface area contributed by atoms with E-state index in [1.807, 2.05) is 0 Å². The molecule has 5 nitrogen and oxygen atoms in total. The van der Waals surface area contributed by atoms with E-state index in [2.05, 4.69) is 10.4 Å². The van der Waals surface area contributed by atoms with Crippen LogP contribution in [-0.4, -0.2) is 21.2 Å². The first kappa shape index (κ1) is 15.2. The van der Waals surface area contributed by atoms with E-state index >= 15 is 0 Å². The van der Waals surface area contributed by atoms with Crippen LogP contribution in [0.4, 0.5) is 24.7 Å². The Morgan fingerprint density at radius 3 is 2.62 bits per heavy atom. The molecule has 1 aromatic heterocycles. The summed E-state index contributed by atoms with van der Waals surface area (Å²) in [6.07, 6.45) is 1.25. The summed E-state index contributed by atoms with van der Waals surface area (Å²) < 4.78 is 38.7. The molecule has 1 aromatic carbocycles. The van der Waals surface area contributed by atoms with Crippen LogP contribution in [0.3, 0.4) is 0 Å². The lowest BCUT2D eigenvalue weighted by atomic mass is 10.2. The summed E-state index contributed by atoms with van der Waals surface area (Å²) in [6, 6.07) is 5.66. The molecule has 0 saturated carbocycles. The number of hydrogen-bond donors (Lipinski definition) is 2. The number of amides is 1. The molecule has 0 aliphatic carbocycles. The minimum atomic E-state index is -4.44. The molecule has 2 rings (SSSR count). The summed E-state index contributed by atoms with van der Waals surface area (Å²) >= 11 is -0.293. The Labute approximate surface area is 122 Å². The fourth-order valence-corrected chi connectivity index (χ4v) is 2.22. The third-order valence-electron chi connectivity index (χ3n) is 2.59. The van der Waals surface area contributed by atoms with Crippen molar-refractivity contribution in [2.45, 2.75) is 10.4 Å². The molecule has 112 valence electrons. The molecule has 1 heterocycles. The Kier molecular flexibility index (Phi) is 4.12. The summed E-state index contributed by atoms with van der Waals surface area (Å²) in [4.78, 5) is 11.9. The highest BCUT2D eigenvalue weighted by Gasteiger charge is 2.30. The first-order valence-electron chi connectivity index (χ1n) is 5.71. The summed E-state index contributed by atoms with van der Waals surface area (Å²) in [7, 11) is 1.56. The Morgan fingerprint density at radius 2 is 2.05 bits per heavy atom. The molecule has 1 amide bonds. The van der Waals surface area contributed by atoms with E-state index in [4.69, 9.17) is 5.73 Å². The Balaban J connectivity index is 2.24. The number of thioether (sulfide) groups is 1. The van der Waals surface area contributed by atoms with Crippen LogP contribution >= 0.6 is 11.8 Å². The number of carbonyl (C=O) groups is 1. The number of halogens is 3. The highest BCUT2D eigenvalue weighted by Crippen LogP contribution is 2.40. The number of nitrogens with two attached hydrogens (primary N) is 1. The largest absolute Gasteiger partial charge is 0.446 e. The molecule has 9 heteroatoms. The minimum absolute atomic E-state index is 0.0630. The number of benzene rings is 1. The number of para-hydroxylation sites is 1. The number of nitrogens with zero attached hydrogens (tertiary/aromatic N) is 2. The first-order chi connectivity index (χ1) is 9.78. The SMILES string of the molecule is Cn1ncc(C(=O)Nc2ccccc2SC(F)(F)F)c1N. The van der Waals surface area contributed by atoms with Crippen LogP contribution in [0, 0.1) is 0 Å². The third-order valence-corrected chi connectivity index (χ3v) is 3.40. The molecule has 0 bridgehead atoms. The van der Waals surface area contributed by atoms with Gasteiger partial charge >= 0.3 is 5.51 Å². The van der Waals surface area contributed by atoms with Crippen molar-refractivity contribution >= 4 is 29.2 Å². The molecule has 0 radical (unpaired) electrons. The van der Waals surface area contributed by atoms with Gasteiger partial charge in [-0.05, 0) is 23.9 Å². The van der Waals surface area contributed by atoms with Gasteiger partial charge in [0.15, 0.2) is 0 Å². The number of nitrogens with one attached hydrogen (secondary N) is 1. The van der Waals surface area contributed by atoms with E-state index in [0.717, 1.165) is 0 Å². The maximum atomic E-state index is 12.5. The van der Waals surface area contributed by atoms with Gasteiger partial charge < -0.3 is 11.1 Å². The van der Waals surface area contributed by atoms with Gasteiger partial charge in [0.1, 0.15) is 11.4 Å². The van der Waals surface area contributed by atoms with Crippen molar-refractivity contribution in [1.82, 2.24) is 9.78 Å². The average molecular weight is 316 g/mol. The second-order valence-electron chi connectivity index (χ2n) is 4.07. The molecule has 0 unspecified atom stereocenters. The molecule has 3 N–H and O–H groups in total. The van der Waals surface area contributed by atoms with Gasteiger partial charge in [0.2, 0.25) is 0 Å². The van der Waals surface area contributed by atoms with Crippen LogP contribution in [0.15, 0.2) is 35.4 Å². The lowest BCUT2D eigenvalue weighted by Crippen LogP contribution is -2.14. The fraction of sp³-hybridized carbons (Fsp3) is 0.167. The number of rotatable bonds is 3. The minimum Gasteiger partial charge on any atom is -0.383 e. The molecule has 0 saturated heterocycles. The predicted octanol–water partition coefficient (Wildman–Crippen LogP) is 2.87. The standard InChI is InChI=1S/C12H11F3N4OS/c1-19-10(16)7(6-17-19)11(20)18-8-4-2-3-5-9(8)21-12(13,14)15/h2-6H,16H2,1H3,(H,18,20). The van der Waals surface area contributed by atoms with Gasteiger partial charge in [-0.3, -0.25) is 9.48 Å². The monoisotopic (exact) mass is 316 g/mol. The van der Waals surface area contributed by atoms with Gasteiger partial charge in [-0.15, -0.1) is 0 Å². The first-order valence-corrected chi connectivity index (χ1v) is 6.53. The van der Waals surface area contributed by atoms with Crippen molar-refractivity contribution in [3.63, 3.8) is 0 Å². The van der Waals surface area contributed by atoms with E-state index in [1.54, 1.807) is 7.05 Å². The molecule has 0 aliphatic rings. The summed E-state index contributed by atoms with van der Waals surface area (Å²) in [5.41, 5.74) is 1.38. The molecule has 0 atom stereocenters. The number of alkyl halides is 3. The summed E-state index contributed by atoms with van der Waals surface area (Å²) in [5, 5.41) is 6.22. The lowest BCUT2D eigenvalue weighted by Gasteiger charge is -2.11. The summed E-state index contributed by atoms with van der Waals surface area (Å²) in [6.45, 7) is 0. The highest BCUT2D eigenvalue weighted by atomic mass is 32.2. The molecular formula is C12H11F3N4OS. The zero-order valence-electron chi connectivity index (χ0n) is 10.8. The van der Waals surface area contributed by atoms with E-state index < -0.39 is 11.4 Å². The Morgan fingerprint density at radius 1 is 1.38 bits per heavy atom. The van der Waals surface area contributed by atoms with E-state index in [-0.39, 0.29) is 33.7 Å². The lowest BCUT2D eigenvalue weighted by molar-refractivity contribution is -0.0328. The van der Waals surface area contributed by atoms with Crippen LogP contribution in [0.2, 0.25) is 0 Å². The van der Waals surface area contributed by atoms with E-state index in [9.17, 15) is 18.0 Å². The van der Waals surface area contributed by atoms with Gasteiger partial charge in [0.05, 0.1) is 11.9 Å². The van der Waals surface area contributed by atoms with E-state index in [1.165, 1.54) is 35.1 Å². The van der Waals surface area contributed by atoms with Crippen molar-refractivity contribution < 1.29 is 18.0 Å².